The van der Waals surface area contributed by atoms with Gasteiger partial charge in [-0.15, -0.1) is 0 Å². The van der Waals surface area contributed by atoms with E-state index < -0.39 is 0 Å². The minimum absolute atomic E-state index is 0.0290. The first kappa shape index (κ1) is 11.0. The Kier molecular flexibility index (Phi) is 3.11. The monoisotopic (exact) mass is 194 g/mol. The maximum Gasteiger partial charge on any atom is 0.138 e. The van der Waals surface area contributed by atoms with Crippen LogP contribution >= 0.6 is 0 Å². The van der Waals surface area contributed by atoms with Gasteiger partial charge in [0.15, 0.2) is 0 Å². The number of rotatable bonds is 2. The van der Waals surface area contributed by atoms with Gasteiger partial charge in [-0.05, 0) is 39.8 Å². The molecule has 0 spiro atoms. The summed E-state index contributed by atoms with van der Waals surface area (Å²) in [6.45, 7) is 7.93. The van der Waals surface area contributed by atoms with E-state index in [0.717, 1.165) is 11.4 Å². The van der Waals surface area contributed by atoms with Crippen LogP contribution in [0, 0.1) is 0 Å². The minimum atomic E-state index is -0.183. The van der Waals surface area contributed by atoms with E-state index in [-0.39, 0.29) is 11.6 Å². The van der Waals surface area contributed by atoms with E-state index >= 15 is 0 Å². The van der Waals surface area contributed by atoms with Crippen molar-refractivity contribution in [1.82, 2.24) is 4.98 Å². The summed E-state index contributed by atoms with van der Waals surface area (Å²) in [5, 5.41) is 0. The molecule has 0 aliphatic carbocycles. The minimum Gasteiger partial charge on any atom is -0.487 e. The lowest BCUT2D eigenvalue weighted by atomic mass is 10.2. The zero-order valence-corrected chi connectivity index (χ0v) is 9.24. The highest BCUT2D eigenvalue weighted by Crippen LogP contribution is 2.18. The fourth-order valence-electron chi connectivity index (χ4n) is 1.08. The van der Waals surface area contributed by atoms with Crippen molar-refractivity contribution in [2.45, 2.75) is 39.3 Å². The van der Waals surface area contributed by atoms with Crippen LogP contribution in [0.5, 0.6) is 5.75 Å². The van der Waals surface area contributed by atoms with Crippen LogP contribution in [0.25, 0.3) is 0 Å². The molecule has 2 N–H and O–H groups in total. The average Bonchev–Trinajstić information content (AvgIpc) is 2.02. The first-order valence-corrected chi connectivity index (χ1v) is 4.79. The van der Waals surface area contributed by atoms with Gasteiger partial charge in [0.2, 0.25) is 0 Å². The van der Waals surface area contributed by atoms with Gasteiger partial charge < -0.3 is 10.5 Å². The Morgan fingerprint density at radius 2 is 2.00 bits per heavy atom. The molecule has 0 radical (unpaired) electrons. The molecule has 0 bridgehead atoms. The van der Waals surface area contributed by atoms with Crippen molar-refractivity contribution < 1.29 is 4.74 Å². The van der Waals surface area contributed by atoms with Gasteiger partial charge in [-0.25, -0.2) is 0 Å². The molecule has 0 fully saturated rings. The number of nitrogens with zero attached hydrogens (tertiary/aromatic N) is 1. The highest BCUT2D eigenvalue weighted by Gasteiger charge is 2.11. The lowest BCUT2D eigenvalue weighted by Gasteiger charge is -2.21. The molecule has 14 heavy (non-hydrogen) atoms. The zero-order valence-electron chi connectivity index (χ0n) is 9.24. The van der Waals surface area contributed by atoms with Gasteiger partial charge >= 0.3 is 0 Å². The second kappa shape index (κ2) is 3.96. The normalized spacial score (nSPS) is 13.8. The highest BCUT2D eigenvalue weighted by molar-refractivity contribution is 5.21. The van der Waals surface area contributed by atoms with E-state index in [9.17, 15) is 0 Å². The summed E-state index contributed by atoms with van der Waals surface area (Å²) in [7, 11) is 0. The Bertz CT molecular complexity index is 285. The molecular formula is C11H18N2O. The van der Waals surface area contributed by atoms with Crippen LogP contribution in [0.3, 0.4) is 0 Å². The molecule has 0 amide bonds. The maximum atomic E-state index is 5.69. The number of hydrogen-bond acceptors (Lipinski definition) is 3. The molecule has 0 aliphatic rings. The summed E-state index contributed by atoms with van der Waals surface area (Å²) in [4.78, 5) is 4.21. The molecule has 78 valence electrons. The summed E-state index contributed by atoms with van der Waals surface area (Å²) in [5.41, 5.74) is 6.39. The Balaban J connectivity index is 2.74. The number of pyridine rings is 1. The van der Waals surface area contributed by atoms with Crippen LogP contribution in [-0.4, -0.2) is 10.6 Å². The van der Waals surface area contributed by atoms with E-state index in [4.69, 9.17) is 10.5 Å². The third-order valence-corrected chi connectivity index (χ3v) is 1.65. The van der Waals surface area contributed by atoms with Gasteiger partial charge in [0, 0.05) is 6.04 Å². The summed E-state index contributed by atoms with van der Waals surface area (Å²) < 4.78 is 5.63. The lowest BCUT2D eigenvalue weighted by molar-refractivity contribution is 0.130. The molecule has 1 rings (SSSR count). The van der Waals surface area contributed by atoms with Crippen LogP contribution in [0.4, 0.5) is 0 Å². The van der Waals surface area contributed by atoms with E-state index in [0.29, 0.717) is 0 Å². The molecule has 1 aromatic rings. The zero-order chi connectivity index (χ0) is 10.8. The fraction of sp³-hybridized carbons (Fsp3) is 0.545. The lowest BCUT2D eigenvalue weighted by Crippen LogP contribution is -2.23. The van der Waals surface area contributed by atoms with Crippen molar-refractivity contribution in [2.24, 2.45) is 5.73 Å². The average molecular weight is 194 g/mol. The maximum absolute atomic E-state index is 5.69. The number of nitrogens with two attached hydrogens (primary N) is 1. The Morgan fingerprint density at radius 3 is 2.36 bits per heavy atom. The summed E-state index contributed by atoms with van der Waals surface area (Å²) in [5.74, 6) is 0.780. The summed E-state index contributed by atoms with van der Waals surface area (Å²) in [6, 6.07) is 3.77. The first-order valence-electron chi connectivity index (χ1n) is 4.79. The van der Waals surface area contributed by atoms with Gasteiger partial charge in [0.05, 0.1) is 11.9 Å². The molecule has 0 saturated carbocycles. The SMILES string of the molecule is CC(N)c1ccc(OC(C)(C)C)cn1. The molecule has 0 saturated heterocycles. The van der Waals surface area contributed by atoms with Crippen LogP contribution in [0.15, 0.2) is 18.3 Å². The van der Waals surface area contributed by atoms with E-state index in [2.05, 4.69) is 4.98 Å². The highest BCUT2D eigenvalue weighted by atomic mass is 16.5. The van der Waals surface area contributed by atoms with Crippen molar-refractivity contribution in [3.8, 4) is 5.75 Å². The molecule has 3 nitrogen and oxygen atoms in total. The second-order valence-electron chi connectivity index (χ2n) is 4.42. The molecule has 1 aromatic heterocycles. The Morgan fingerprint density at radius 1 is 1.36 bits per heavy atom. The largest absolute Gasteiger partial charge is 0.487 e. The predicted octanol–water partition coefficient (Wildman–Crippen LogP) is 2.28. The topological polar surface area (TPSA) is 48.1 Å². The molecule has 0 aromatic carbocycles. The Hall–Kier alpha value is -1.09. The van der Waals surface area contributed by atoms with Crippen LogP contribution < -0.4 is 10.5 Å². The van der Waals surface area contributed by atoms with E-state index in [1.807, 2.05) is 39.8 Å². The van der Waals surface area contributed by atoms with Crippen molar-refractivity contribution in [3.05, 3.63) is 24.0 Å². The van der Waals surface area contributed by atoms with Gasteiger partial charge in [0.1, 0.15) is 11.4 Å². The van der Waals surface area contributed by atoms with Crippen molar-refractivity contribution in [2.75, 3.05) is 0 Å². The molecular weight excluding hydrogens is 176 g/mol. The molecule has 0 aliphatic heterocycles. The van der Waals surface area contributed by atoms with Gasteiger partial charge in [-0.1, -0.05) is 0 Å². The van der Waals surface area contributed by atoms with Gasteiger partial charge in [0.25, 0.3) is 0 Å². The van der Waals surface area contributed by atoms with Crippen molar-refractivity contribution in [3.63, 3.8) is 0 Å². The quantitative estimate of drug-likeness (QED) is 0.785. The fourth-order valence-corrected chi connectivity index (χ4v) is 1.08. The van der Waals surface area contributed by atoms with Crippen LogP contribution in [-0.2, 0) is 0 Å². The van der Waals surface area contributed by atoms with E-state index in [1.54, 1.807) is 6.20 Å². The first-order chi connectivity index (χ1) is 6.38. The molecule has 1 unspecified atom stereocenters. The number of ether oxygens (including phenoxy) is 1. The second-order valence-corrected chi connectivity index (χ2v) is 4.42. The van der Waals surface area contributed by atoms with Gasteiger partial charge in [-0.3, -0.25) is 4.98 Å². The standard InChI is InChI=1S/C11H18N2O/c1-8(12)10-6-5-9(7-13-10)14-11(2,3)4/h5-8H,12H2,1-4H3. The number of hydrogen-bond donors (Lipinski definition) is 1. The van der Waals surface area contributed by atoms with Crippen molar-refractivity contribution >= 4 is 0 Å². The molecule has 1 atom stereocenters. The van der Waals surface area contributed by atoms with Gasteiger partial charge in [-0.2, -0.15) is 0 Å². The van der Waals surface area contributed by atoms with Crippen molar-refractivity contribution in [1.29, 1.82) is 0 Å². The summed E-state index contributed by atoms with van der Waals surface area (Å²) in [6.07, 6.45) is 1.71. The third-order valence-electron chi connectivity index (χ3n) is 1.65. The van der Waals surface area contributed by atoms with Crippen LogP contribution in [0.2, 0.25) is 0 Å². The third kappa shape index (κ3) is 3.34. The molecule has 1 heterocycles. The molecule has 3 heteroatoms. The summed E-state index contributed by atoms with van der Waals surface area (Å²) >= 11 is 0. The Labute approximate surface area is 85.3 Å². The number of aromatic nitrogens is 1. The predicted molar refractivity (Wildman–Crippen MR) is 57.2 cm³/mol. The smallest absolute Gasteiger partial charge is 0.138 e. The van der Waals surface area contributed by atoms with Crippen LogP contribution in [0.1, 0.15) is 39.4 Å². The van der Waals surface area contributed by atoms with E-state index in [1.165, 1.54) is 0 Å².